The van der Waals surface area contributed by atoms with E-state index in [2.05, 4.69) is 4.99 Å². The molecule has 0 bridgehead atoms. The zero-order chi connectivity index (χ0) is 7.11. The summed E-state index contributed by atoms with van der Waals surface area (Å²) in [6.45, 7) is 3.78. The van der Waals surface area contributed by atoms with Crippen LogP contribution in [0.15, 0.2) is 29.0 Å². The predicted molar refractivity (Wildman–Crippen MR) is 41.3 cm³/mol. The van der Waals surface area contributed by atoms with Crippen LogP contribution < -0.4 is 5.73 Å². The second-order valence-corrected chi connectivity index (χ2v) is 1.55. The second kappa shape index (κ2) is 5.09. The molecule has 0 aliphatic heterocycles. The van der Waals surface area contributed by atoms with Gasteiger partial charge in [-0.1, -0.05) is 12.2 Å². The van der Waals surface area contributed by atoms with Gasteiger partial charge >= 0.3 is 0 Å². The number of nitrogens with zero attached hydrogens (tertiary/aromatic N) is 1. The normalized spacial score (nSPS) is 13.8. The zero-order valence-corrected chi connectivity index (χ0v) is 5.83. The van der Waals surface area contributed by atoms with E-state index in [-0.39, 0.29) is 0 Å². The Balaban J connectivity index is 3.71. The molecule has 50 valence electrons. The fraction of sp³-hybridized carbons (Fsp3) is 0.286. The van der Waals surface area contributed by atoms with Crippen molar-refractivity contribution in [2.24, 2.45) is 10.7 Å². The van der Waals surface area contributed by atoms with Gasteiger partial charge < -0.3 is 5.73 Å². The fourth-order valence-electron chi connectivity index (χ4n) is 0.290. The van der Waals surface area contributed by atoms with Gasteiger partial charge in [-0.05, 0) is 13.8 Å². The van der Waals surface area contributed by atoms with E-state index >= 15 is 0 Å². The van der Waals surface area contributed by atoms with Crippen LogP contribution in [-0.4, -0.2) is 6.21 Å². The van der Waals surface area contributed by atoms with Crippen LogP contribution in [0.4, 0.5) is 0 Å². The summed E-state index contributed by atoms with van der Waals surface area (Å²) in [5.41, 5.74) is 6.08. The molecule has 9 heavy (non-hydrogen) atoms. The van der Waals surface area contributed by atoms with Crippen molar-refractivity contribution in [3.05, 3.63) is 24.0 Å². The summed E-state index contributed by atoms with van der Waals surface area (Å²) >= 11 is 0. The molecule has 0 unspecified atom stereocenters. The fourth-order valence-corrected chi connectivity index (χ4v) is 0.290. The molecule has 0 amide bonds. The highest BCUT2D eigenvalue weighted by Crippen LogP contribution is 1.77. The molecule has 0 aromatic carbocycles. The molecule has 0 radical (unpaired) electrons. The van der Waals surface area contributed by atoms with Gasteiger partial charge in [-0.15, -0.1) is 0 Å². The SMILES string of the molecule is C/C=C/N=C\C(N)=C/C. The number of hydrogen-bond donors (Lipinski definition) is 1. The van der Waals surface area contributed by atoms with Gasteiger partial charge in [0.25, 0.3) is 0 Å². The maximum atomic E-state index is 5.39. The molecule has 0 aromatic rings. The first-order chi connectivity index (χ1) is 4.31. The van der Waals surface area contributed by atoms with Crippen LogP contribution in [0.1, 0.15) is 13.8 Å². The van der Waals surface area contributed by atoms with Gasteiger partial charge in [-0.25, -0.2) is 0 Å². The molecule has 2 heteroatoms. The molecule has 0 saturated heterocycles. The summed E-state index contributed by atoms with van der Waals surface area (Å²) in [6.07, 6.45) is 6.95. The predicted octanol–water partition coefficient (Wildman–Crippen LogP) is 1.45. The minimum Gasteiger partial charge on any atom is -0.398 e. The van der Waals surface area contributed by atoms with Crippen molar-refractivity contribution in [3.63, 3.8) is 0 Å². The quantitative estimate of drug-likeness (QED) is 0.556. The lowest BCUT2D eigenvalue weighted by Crippen LogP contribution is -1.95. The van der Waals surface area contributed by atoms with Crippen molar-refractivity contribution in [1.82, 2.24) is 0 Å². The first-order valence-corrected chi connectivity index (χ1v) is 2.87. The van der Waals surface area contributed by atoms with E-state index in [4.69, 9.17) is 5.73 Å². The van der Waals surface area contributed by atoms with E-state index in [9.17, 15) is 0 Å². The molecule has 0 saturated carbocycles. The van der Waals surface area contributed by atoms with Crippen LogP contribution in [0, 0.1) is 0 Å². The Kier molecular flexibility index (Phi) is 4.50. The average molecular weight is 124 g/mol. The van der Waals surface area contributed by atoms with Crippen molar-refractivity contribution < 1.29 is 0 Å². The third-order valence-electron chi connectivity index (χ3n) is 0.792. The standard InChI is InChI=1S/C7H12N2/c1-3-5-9-6-7(8)4-2/h3-6H,8H2,1-2H3/b5-3+,7-4+,9-6-. The Labute approximate surface area is 55.8 Å². The van der Waals surface area contributed by atoms with Crippen LogP contribution in [0.2, 0.25) is 0 Å². The molecule has 2 nitrogen and oxygen atoms in total. The monoisotopic (exact) mass is 124 g/mol. The van der Waals surface area contributed by atoms with Crippen LogP contribution in [0.3, 0.4) is 0 Å². The summed E-state index contributed by atoms with van der Waals surface area (Å²) in [5, 5.41) is 0. The van der Waals surface area contributed by atoms with Crippen molar-refractivity contribution in [1.29, 1.82) is 0 Å². The first kappa shape index (κ1) is 7.95. The number of hydrogen-bond acceptors (Lipinski definition) is 2. The molecule has 2 N–H and O–H groups in total. The molecule has 0 rings (SSSR count). The highest BCUT2D eigenvalue weighted by atomic mass is 14.7. The van der Waals surface area contributed by atoms with Crippen molar-refractivity contribution in [2.45, 2.75) is 13.8 Å². The maximum Gasteiger partial charge on any atom is 0.0494 e. The molecule has 0 aromatic heterocycles. The van der Waals surface area contributed by atoms with E-state index in [0.29, 0.717) is 5.70 Å². The van der Waals surface area contributed by atoms with Gasteiger partial charge in [0.2, 0.25) is 0 Å². The topological polar surface area (TPSA) is 38.4 Å². The van der Waals surface area contributed by atoms with Gasteiger partial charge in [-0.2, -0.15) is 0 Å². The number of allylic oxidation sites excluding steroid dienone is 3. The van der Waals surface area contributed by atoms with Gasteiger partial charge in [0.05, 0.1) is 0 Å². The summed E-state index contributed by atoms with van der Waals surface area (Å²) in [7, 11) is 0. The Morgan fingerprint density at radius 2 is 2.11 bits per heavy atom. The summed E-state index contributed by atoms with van der Waals surface area (Å²) in [6, 6.07) is 0. The summed E-state index contributed by atoms with van der Waals surface area (Å²) in [4.78, 5) is 3.86. The molecule has 0 spiro atoms. The van der Waals surface area contributed by atoms with E-state index in [1.807, 2.05) is 19.9 Å². The molecule has 0 heterocycles. The van der Waals surface area contributed by atoms with Gasteiger partial charge in [-0.3, -0.25) is 4.99 Å². The number of nitrogens with two attached hydrogens (primary N) is 1. The van der Waals surface area contributed by atoms with Crippen LogP contribution >= 0.6 is 0 Å². The Bertz CT molecular complexity index is 143. The first-order valence-electron chi connectivity index (χ1n) is 2.87. The van der Waals surface area contributed by atoms with Gasteiger partial charge in [0.1, 0.15) is 0 Å². The van der Waals surface area contributed by atoms with Gasteiger partial charge in [0, 0.05) is 18.1 Å². The lowest BCUT2D eigenvalue weighted by atomic mass is 10.5. The molecule has 0 atom stereocenters. The Hall–Kier alpha value is -1.05. The Morgan fingerprint density at radius 1 is 1.44 bits per heavy atom. The van der Waals surface area contributed by atoms with Crippen LogP contribution in [-0.2, 0) is 0 Å². The highest BCUT2D eigenvalue weighted by Gasteiger charge is 1.73. The average Bonchev–Trinajstić information content (AvgIpc) is 1.89. The molecule has 0 aliphatic carbocycles. The number of aliphatic imine (C=N–C) groups is 1. The highest BCUT2D eigenvalue weighted by molar-refractivity contribution is 5.77. The van der Waals surface area contributed by atoms with Crippen molar-refractivity contribution in [3.8, 4) is 0 Å². The zero-order valence-electron chi connectivity index (χ0n) is 5.83. The van der Waals surface area contributed by atoms with Crippen molar-refractivity contribution in [2.75, 3.05) is 0 Å². The largest absolute Gasteiger partial charge is 0.398 e. The summed E-state index contributed by atoms with van der Waals surface area (Å²) in [5.74, 6) is 0. The Morgan fingerprint density at radius 3 is 2.56 bits per heavy atom. The lowest BCUT2D eigenvalue weighted by molar-refractivity contribution is 1.43. The van der Waals surface area contributed by atoms with E-state index in [0.717, 1.165) is 0 Å². The third-order valence-corrected chi connectivity index (χ3v) is 0.792. The number of rotatable bonds is 2. The molecule has 0 fully saturated rings. The van der Waals surface area contributed by atoms with E-state index in [1.165, 1.54) is 0 Å². The minimum atomic E-state index is 0.688. The molecular formula is C7H12N2. The summed E-state index contributed by atoms with van der Waals surface area (Å²) < 4.78 is 0. The smallest absolute Gasteiger partial charge is 0.0494 e. The van der Waals surface area contributed by atoms with E-state index in [1.54, 1.807) is 18.5 Å². The molecule has 0 aliphatic rings. The van der Waals surface area contributed by atoms with E-state index < -0.39 is 0 Å². The minimum absolute atomic E-state index is 0.688. The second-order valence-electron chi connectivity index (χ2n) is 1.55. The van der Waals surface area contributed by atoms with Crippen molar-refractivity contribution >= 4 is 6.21 Å². The van der Waals surface area contributed by atoms with Crippen LogP contribution in [0.5, 0.6) is 0 Å². The third kappa shape index (κ3) is 4.81. The van der Waals surface area contributed by atoms with Gasteiger partial charge in [0.15, 0.2) is 0 Å². The maximum absolute atomic E-state index is 5.39. The molecular weight excluding hydrogens is 112 g/mol. The van der Waals surface area contributed by atoms with Crippen LogP contribution in [0.25, 0.3) is 0 Å². The lowest BCUT2D eigenvalue weighted by Gasteiger charge is -1.83.